The third-order valence-electron chi connectivity index (χ3n) is 4.15. The molecule has 3 aromatic rings. The summed E-state index contributed by atoms with van der Waals surface area (Å²) >= 11 is 0. The Morgan fingerprint density at radius 1 is 1.33 bits per heavy atom. The normalized spacial score (nSPS) is 12.9. The Bertz CT molecular complexity index is 977. The molecule has 0 atom stereocenters. The molecule has 0 fully saturated rings. The number of furan rings is 1. The van der Waals surface area contributed by atoms with Gasteiger partial charge in [-0.05, 0) is 49.2 Å². The first-order valence-corrected chi connectivity index (χ1v) is 7.63. The molecule has 0 aliphatic carbocycles. The highest BCUT2D eigenvalue weighted by atomic mass is 16.3. The molecule has 0 spiro atoms. The van der Waals surface area contributed by atoms with E-state index in [1.165, 1.54) is 0 Å². The van der Waals surface area contributed by atoms with E-state index in [0.29, 0.717) is 29.3 Å². The zero-order valence-corrected chi connectivity index (χ0v) is 13.0. The summed E-state index contributed by atoms with van der Waals surface area (Å²) in [4.78, 5) is 14.5. The van der Waals surface area contributed by atoms with Gasteiger partial charge >= 0.3 is 0 Å². The summed E-state index contributed by atoms with van der Waals surface area (Å²) in [5, 5.41) is 16.0. The van der Waals surface area contributed by atoms with Crippen molar-refractivity contribution in [2.45, 2.75) is 13.3 Å². The maximum absolute atomic E-state index is 12.8. The Morgan fingerprint density at radius 3 is 2.96 bits per heavy atom. The number of nitriles is 1. The van der Waals surface area contributed by atoms with Gasteiger partial charge in [0.1, 0.15) is 11.5 Å². The topological polar surface area (TPSA) is 85.9 Å². The number of H-pyrrole nitrogens is 1. The average Bonchev–Trinajstić information content (AvgIpc) is 3.32. The van der Waals surface area contributed by atoms with E-state index in [1.807, 2.05) is 31.2 Å². The number of hydrogen-bond donors (Lipinski definition) is 1. The number of aromatic nitrogens is 2. The van der Waals surface area contributed by atoms with Crippen LogP contribution in [0.15, 0.2) is 40.8 Å². The summed E-state index contributed by atoms with van der Waals surface area (Å²) < 4.78 is 5.54. The Kier molecular flexibility index (Phi) is 3.21. The fourth-order valence-corrected chi connectivity index (χ4v) is 2.96. The summed E-state index contributed by atoms with van der Waals surface area (Å²) in [5.74, 6) is 1.29. The quantitative estimate of drug-likeness (QED) is 0.787. The lowest BCUT2D eigenvalue weighted by atomic mass is 10.1. The van der Waals surface area contributed by atoms with Crippen molar-refractivity contribution >= 4 is 11.6 Å². The molecule has 0 bridgehead atoms. The molecule has 2 aromatic heterocycles. The third kappa shape index (κ3) is 2.27. The summed E-state index contributed by atoms with van der Waals surface area (Å²) in [6.45, 7) is 2.45. The van der Waals surface area contributed by atoms with Gasteiger partial charge in [0.2, 0.25) is 0 Å². The first kappa shape index (κ1) is 14.3. The van der Waals surface area contributed by atoms with Crippen LogP contribution in [0.2, 0.25) is 0 Å². The number of benzene rings is 1. The van der Waals surface area contributed by atoms with Crippen LogP contribution in [0.3, 0.4) is 0 Å². The fraction of sp³-hybridized carbons (Fsp3) is 0.167. The molecule has 3 heterocycles. The van der Waals surface area contributed by atoms with Crippen LogP contribution >= 0.6 is 0 Å². The summed E-state index contributed by atoms with van der Waals surface area (Å²) in [7, 11) is 0. The monoisotopic (exact) mass is 318 g/mol. The highest BCUT2D eigenvalue weighted by Gasteiger charge is 2.27. The number of carbonyl (C=O) groups excluding carboxylic acids is 1. The molecule has 1 aliphatic heterocycles. The van der Waals surface area contributed by atoms with Gasteiger partial charge in [0.25, 0.3) is 5.91 Å². The van der Waals surface area contributed by atoms with E-state index in [2.05, 4.69) is 16.3 Å². The molecule has 1 aliphatic rings. The predicted molar refractivity (Wildman–Crippen MR) is 87.6 cm³/mol. The SMILES string of the molecule is Cc1ccc(-c2cc(C(=O)N3CCc4cc(C#N)ccc43)n[nH]2)o1. The van der Waals surface area contributed by atoms with E-state index in [4.69, 9.17) is 9.68 Å². The van der Waals surface area contributed by atoms with Crippen LogP contribution in [0.5, 0.6) is 0 Å². The maximum atomic E-state index is 12.8. The van der Waals surface area contributed by atoms with Crippen molar-refractivity contribution in [1.82, 2.24) is 10.2 Å². The van der Waals surface area contributed by atoms with Crippen LogP contribution < -0.4 is 4.90 Å². The van der Waals surface area contributed by atoms with Gasteiger partial charge in [-0.25, -0.2) is 0 Å². The molecule has 1 amide bonds. The molecule has 24 heavy (non-hydrogen) atoms. The van der Waals surface area contributed by atoms with Gasteiger partial charge in [0.15, 0.2) is 11.5 Å². The van der Waals surface area contributed by atoms with Gasteiger partial charge in [-0.15, -0.1) is 0 Å². The zero-order valence-electron chi connectivity index (χ0n) is 13.0. The van der Waals surface area contributed by atoms with Crippen molar-refractivity contribution in [1.29, 1.82) is 5.26 Å². The molecule has 118 valence electrons. The molecular formula is C18H14N4O2. The minimum absolute atomic E-state index is 0.163. The van der Waals surface area contributed by atoms with Gasteiger partial charge in [-0.2, -0.15) is 10.4 Å². The van der Waals surface area contributed by atoms with Crippen molar-refractivity contribution < 1.29 is 9.21 Å². The minimum atomic E-state index is -0.163. The van der Waals surface area contributed by atoms with Crippen molar-refractivity contribution in [3.05, 3.63) is 59.0 Å². The Hall–Kier alpha value is -3.33. The van der Waals surface area contributed by atoms with E-state index in [1.54, 1.807) is 17.0 Å². The second kappa shape index (κ2) is 5.39. The number of aromatic amines is 1. The van der Waals surface area contributed by atoms with Gasteiger partial charge in [0, 0.05) is 18.3 Å². The van der Waals surface area contributed by atoms with E-state index in [0.717, 1.165) is 23.4 Å². The van der Waals surface area contributed by atoms with Crippen LogP contribution in [0, 0.1) is 18.3 Å². The van der Waals surface area contributed by atoms with E-state index < -0.39 is 0 Å². The van der Waals surface area contributed by atoms with Crippen LogP contribution in [0.1, 0.15) is 27.4 Å². The Balaban J connectivity index is 1.62. The number of hydrogen-bond acceptors (Lipinski definition) is 4. The van der Waals surface area contributed by atoms with Crippen LogP contribution in [-0.4, -0.2) is 22.6 Å². The maximum Gasteiger partial charge on any atom is 0.278 e. The Morgan fingerprint density at radius 2 is 2.21 bits per heavy atom. The molecule has 0 saturated carbocycles. The number of anilines is 1. The third-order valence-corrected chi connectivity index (χ3v) is 4.15. The molecule has 6 nitrogen and oxygen atoms in total. The molecule has 0 unspecified atom stereocenters. The lowest BCUT2D eigenvalue weighted by molar-refractivity contribution is 0.0984. The fourth-order valence-electron chi connectivity index (χ4n) is 2.96. The van der Waals surface area contributed by atoms with Gasteiger partial charge in [-0.3, -0.25) is 9.89 Å². The van der Waals surface area contributed by atoms with Gasteiger partial charge < -0.3 is 9.32 Å². The molecule has 1 aromatic carbocycles. The molecule has 4 rings (SSSR count). The second-order valence-electron chi connectivity index (χ2n) is 5.74. The predicted octanol–water partition coefficient (Wildman–Crippen LogP) is 3.05. The standard InChI is InChI=1S/C18H14N4O2/c1-11-2-5-17(24-11)14-9-15(21-20-14)18(23)22-7-6-13-8-12(10-19)3-4-16(13)22/h2-5,8-9H,6-7H2,1H3,(H,20,21). The van der Waals surface area contributed by atoms with Gasteiger partial charge in [-0.1, -0.05) is 0 Å². The van der Waals surface area contributed by atoms with Crippen molar-refractivity contribution in [2.24, 2.45) is 0 Å². The minimum Gasteiger partial charge on any atom is -0.460 e. The molecule has 1 N–H and O–H groups in total. The van der Waals surface area contributed by atoms with Crippen LogP contribution in [0.25, 0.3) is 11.5 Å². The number of carbonyl (C=O) groups is 1. The number of nitrogens with zero attached hydrogens (tertiary/aromatic N) is 3. The number of fused-ring (bicyclic) bond motifs is 1. The lowest BCUT2D eigenvalue weighted by Crippen LogP contribution is -2.29. The van der Waals surface area contributed by atoms with E-state index >= 15 is 0 Å². The molecular weight excluding hydrogens is 304 g/mol. The smallest absolute Gasteiger partial charge is 0.278 e. The van der Waals surface area contributed by atoms with Gasteiger partial charge in [0.05, 0.1) is 11.6 Å². The Labute approximate surface area is 138 Å². The highest BCUT2D eigenvalue weighted by molar-refractivity contribution is 6.06. The second-order valence-corrected chi connectivity index (χ2v) is 5.74. The first-order valence-electron chi connectivity index (χ1n) is 7.63. The number of rotatable bonds is 2. The van der Waals surface area contributed by atoms with E-state index in [9.17, 15) is 4.79 Å². The van der Waals surface area contributed by atoms with E-state index in [-0.39, 0.29) is 5.91 Å². The summed E-state index contributed by atoms with van der Waals surface area (Å²) in [5.41, 5.74) is 3.48. The molecule has 0 radical (unpaired) electrons. The van der Waals surface area contributed by atoms with Crippen LogP contribution in [0.4, 0.5) is 5.69 Å². The number of nitrogens with one attached hydrogen (secondary N) is 1. The average molecular weight is 318 g/mol. The highest BCUT2D eigenvalue weighted by Crippen LogP contribution is 2.30. The lowest BCUT2D eigenvalue weighted by Gasteiger charge is -2.15. The number of amides is 1. The van der Waals surface area contributed by atoms with Crippen molar-refractivity contribution in [3.8, 4) is 17.5 Å². The van der Waals surface area contributed by atoms with Crippen molar-refractivity contribution in [3.63, 3.8) is 0 Å². The summed E-state index contributed by atoms with van der Waals surface area (Å²) in [6, 6.07) is 12.9. The zero-order chi connectivity index (χ0) is 16.7. The summed E-state index contributed by atoms with van der Waals surface area (Å²) in [6.07, 6.45) is 0.741. The molecule has 0 saturated heterocycles. The molecule has 6 heteroatoms. The first-order chi connectivity index (χ1) is 11.7. The van der Waals surface area contributed by atoms with Crippen LogP contribution in [-0.2, 0) is 6.42 Å². The number of aryl methyl sites for hydroxylation is 1. The van der Waals surface area contributed by atoms with Crippen molar-refractivity contribution in [2.75, 3.05) is 11.4 Å². The largest absolute Gasteiger partial charge is 0.460 e.